The van der Waals surface area contributed by atoms with Gasteiger partial charge in [0.2, 0.25) is 0 Å². The van der Waals surface area contributed by atoms with Gasteiger partial charge in [-0.1, -0.05) is 19.3 Å². The quantitative estimate of drug-likeness (QED) is 0.645. The van der Waals surface area contributed by atoms with Gasteiger partial charge in [0, 0.05) is 17.7 Å². The van der Waals surface area contributed by atoms with Crippen LogP contribution in [0.2, 0.25) is 0 Å². The third-order valence-electron chi connectivity index (χ3n) is 4.89. The van der Waals surface area contributed by atoms with Crippen molar-refractivity contribution in [2.75, 3.05) is 21.3 Å². The van der Waals surface area contributed by atoms with Crippen molar-refractivity contribution < 1.29 is 23.8 Å². The smallest absolute Gasteiger partial charge is 0.329 e. The monoisotopic (exact) mass is 360 g/mol. The van der Waals surface area contributed by atoms with E-state index in [1.165, 1.54) is 26.2 Å². The van der Waals surface area contributed by atoms with Gasteiger partial charge >= 0.3 is 6.03 Å². The summed E-state index contributed by atoms with van der Waals surface area (Å²) >= 11 is 0. The van der Waals surface area contributed by atoms with Crippen molar-refractivity contribution in [2.45, 2.75) is 38.1 Å². The van der Waals surface area contributed by atoms with Crippen LogP contribution in [0.3, 0.4) is 0 Å². The Morgan fingerprint density at radius 1 is 0.962 bits per heavy atom. The number of nitrogens with zero attached hydrogens (tertiary/aromatic N) is 1. The Labute approximate surface area is 152 Å². The van der Waals surface area contributed by atoms with Gasteiger partial charge in [-0.05, 0) is 25.0 Å². The standard InChI is InChI=1S/C19H24N2O5/c1-24-15-11-17(26-3)16(25-2)10-12(15)9-14-18(22)21(19(23)20-14)13-7-5-4-6-8-13/h9-11,13H,4-8H2,1-3H3,(H,20,23)/b14-9-. The zero-order valence-electron chi connectivity index (χ0n) is 15.3. The van der Waals surface area contributed by atoms with Crippen molar-refractivity contribution in [3.63, 3.8) is 0 Å². The van der Waals surface area contributed by atoms with E-state index in [0.717, 1.165) is 32.1 Å². The molecule has 0 unspecified atom stereocenters. The second-order valence-corrected chi connectivity index (χ2v) is 6.40. The maximum absolute atomic E-state index is 12.8. The molecule has 0 spiro atoms. The predicted molar refractivity (Wildman–Crippen MR) is 96.3 cm³/mol. The number of amides is 3. The molecular weight excluding hydrogens is 336 g/mol. The molecular formula is C19H24N2O5. The van der Waals surface area contributed by atoms with Crippen molar-refractivity contribution in [2.24, 2.45) is 0 Å². The number of carbonyl (C=O) groups excluding carboxylic acids is 2. The van der Waals surface area contributed by atoms with Crippen LogP contribution in [0.5, 0.6) is 17.2 Å². The lowest BCUT2D eigenvalue weighted by molar-refractivity contribution is -0.124. The van der Waals surface area contributed by atoms with Crippen LogP contribution in [-0.2, 0) is 4.79 Å². The number of urea groups is 1. The van der Waals surface area contributed by atoms with E-state index in [2.05, 4.69) is 5.32 Å². The highest BCUT2D eigenvalue weighted by molar-refractivity contribution is 6.14. The van der Waals surface area contributed by atoms with Gasteiger partial charge in [-0.2, -0.15) is 0 Å². The molecule has 7 heteroatoms. The zero-order valence-corrected chi connectivity index (χ0v) is 15.3. The molecule has 1 saturated heterocycles. The van der Waals surface area contributed by atoms with E-state index in [1.54, 1.807) is 18.2 Å². The molecule has 1 aromatic rings. The van der Waals surface area contributed by atoms with Gasteiger partial charge in [0.25, 0.3) is 5.91 Å². The second-order valence-electron chi connectivity index (χ2n) is 6.40. The molecule has 2 fully saturated rings. The fourth-order valence-electron chi connectivity index (χ4n) is 3.54. The predicted octanol–water partition coefficient (Wildman–Crippen LogP) is 2.94. The summed E-state index contributed by atoms with van der Waals surface area (Å²) in [6.07, 6.45) is 6.60. The average Bonchev–Trinajstić information content (AvgIpc) is 2.95. The normalized spacial score (nSPS) is 19.7. The van der Waals surface area contributed by atoms with E-state index in [-0.39, 0.29) is 23.7 Å². The fourth-order valence-corrected chi connectivity index (χ4v) is 3.54. The minimum atomic E-state index is -0.354. The van der Waals surface area contributed by atoms with Crippen LogP contribution in [0.25, 0.3) is 6.08 Å². The summed E-state index contributed by atoms with van der Waals surface area (Å²) < 4.78 is 16.0. The summed E-state index contributed by atoms with van der Waals surface area (Å²) in [6.45, 7) is 0. The minimum Gasteiger partial charge on any atom is -0.496 e. The largest absolute Gasteiger partial charge is 0.496 e. The van der Waals surface area contributed by atoms with Crippen molar-refractivity contribution in [1.29, 1.82) is 0 Å². The Hall–Kier alpha value is -2.70. The summed E-state index contributed by atoms with van der Waals surface area (Å²) in [6, 6.07) is 3.03. The fraction of sp³-hybridized carbons (Fsp3) is 0.474. The van der Waals surface area contributed by atoms with Gasteiger partial charge in [-0.15, -0.1) is 0 Å². The molecule has 140 valence electrons. The van der Waals surface area contributed by atoms with Gasteiger partial charge in [-0.25, -0.2) is 4.79 Å². The number of carbonyl (C=O) groups is 2. The van der Waals surface area contributed by atoms with Gasteiger partial charge in [0.1, 0.15) is 11.4 Å². The molecule has 1 saturated carbocycles. The highest BCUT2D eigenvalue weighted by Crippen LogP contribution is 2.36. The van der Waals surface area contributed by atoms with E-state index in [0.29, 0.717) is 22.8 Å². The number of ether oxygens (including phenoxy) is 3. The van der Waals surface area contributed by atoms with E-state index >= 15 is 0 Å². The lowest BCUT2D eigenvalue weighted by atomic mass is 9.94. The number of nitrogens with one attached hydrogen (secondary N) is 1. The van der Waals surface area contributed by atoms with E-state index in [4.69, 9.17) is 14.2 Å². The number of rotatable bonds is 5. The maximum atomic E-state index is 12.8. The molecule has 1 heterocycles. The summed E-state index contributed by atoms with van der Waals surface area (Å²) in [5, 5.41) is 2.69. The van der Waals surface area contributed by atoms with Gasteiger partial charge < -0.3 is 19.5 Å². The molecule has 3 rings (SSSR count). The Balaban J connectivity index is 1.92. The molecule has 7 nitrogen and oxygen atoms in total. The zero-order chi connectivity index (χ0) is 18.7. The van der Waals surface area contributed by atoms with E-state index in [1.807, 2.05) is 0 Å². The molecule has 1 aromatic carbocycles. The lowest BCUT2D eigenvalue weighted by Gasteiger charge is -2.28. The van der Waals surface area contributed by atoms with Crippen molar-refractivity contribution in [3.8, 4) is 17.2 Å². The number of benzene rings is 1. The third-order valence-corrected chi connectivity index (χ3v) is 4.89. The Morgan fingerprint density at radius 3 is 2.19 bits per heavy atom. The number of hydrogen-bond donors (Lipinski definition) is 1. The first kappa shape index (κ1) is 18.1. The third kappa shape index (κ3) is 3.34. The Kier molecular flexibility index (Phi) is 5.35. The van der Waals surface area contributed by atoms with Crippen LogP contribution < -0.4 is 19.5 Å². The molecule has 0 bridgehead atoms. The van der Waals surface area contributed by atoms with Crippen LogP contribution >= 0.6 is 0 Å². The Morgan fingerprint density at radius 2 is 1.58 bits per heavy atom. The average molecular weight is 360 g/mol. The number of methoxy groups -OCH3 is 3. The lowest BCUT2D eigenvalue weighted by Crippen LogP contribution is -2.41. The molecule has 2 aliphatic rings. The topological polar surface area (TPSA) is 77.1 Å². The summed E-state index contributed by atoms with van der Waals surface area (Å²) in [5.41, 5.74) is 0.866. The minimum absolute atomic E-state index is 0.0190. The molecule has 0 atom stereocenters. The number of imide groups is 1. The van der Waals surface area contributed by atoms with E-state index < -0.39 is 0 Å². The van der Waals surface area contributed by atoms with Crippen LogP contribution in [-0.4, -0.2) is 44.2 Å². The first-order valence-corrected chi connectivity index (χ1v) is 8.75. The van der Waals surface area contributed by atoms with Crippen molar-refractivity contribution in [3.05, 3.63) is 23.4 Å². The molecule has 26 heavy (non-hydrogen) atoms. The van der Waals surface area contributed by atoms with Gasteiger partial charge in [-0.3, -0.25) is 9.69 Å². The van der Waals surface area contributed by atoms with Crippen LogP contribution in [0.15, 0.2) is 17.8 Å². The second kappa shape index (κ2) is 7.68. The molecule has 0 radical (unpaired) electrons. The summed E-state index contributed by atoms with van der Waals surface area (Å²) in [4.78, 5) is 26.5. The van der Waals surface area contributed by atoms with Crippen molar-refractivity contribution >= 4 is 18.0 Å². The maximum Gasteiger partial charge on any atom is 0.329 e. The molecule has 1 N–H and O–H groups in total. The highest BCUT2D eigenvalue weighted by Gasteiger charge is 2.39. The van der Waals surface area contributed by atoms with Gasteiger partial charge in [0.15, 0.2) is 11.5 Å². The summed E-state index contributed by atoms with van der Waals surface area (Å²) in [7, 11) is 4.61. The number of hydrogen-bond acceptors (Lipinski definition) is 5. The first-order chi connectivity index (χ1) is 12.6. The van der Waals surface area contributed by atoms with Gasteiger partial charge in [0.05, 0.1) is 21.3 Å². The van der Waals surface area contributed by atoms with Crippen LogP contribution in [0, 0.1) is 0 Å². The molecule has 1 aliphatic carbocycles. The first-order valence-electron chi connectivity index (χ1n) is 8.75. The van der Waals surface area contributed by atoms with E-state index in [9.17, 15) is 9.59 Å². The molecule has 1 aliphatic heterocycles. The Bertz CT molecular complexity index is 738. The van der Waals surface area contributed by atoms with Crippen molar-refractivity contribution in [1.82, 2.24) is 10.2 Å². The SMILES string of the molecule is COc1cc(OC)c(OC)cc1/C=C1\NC(=O)N(C2CCCCC2)C1=O. The van der Waals surface area contributed by atoms with Crippen LogP contribution in [0.1, 0.15) is 37.7 Å². The molecule has 3 amide bonds. The van der Waals surface area contributed by atoms with Crippen LogP contribution in [0.4, 0.5) is 4.79 Å². The summed E-state index contributed by atoms with van der Waals surface area (Å²) in [5.74, 6) is 1.27. The molecule has 0 aromatic heterocycles. The highest BCUT2D eigenvalue weighted by atomic mass is 16.5.